The van der Waals surface area contributed by atoms with E-state index in [0.29, 0.717) is 5.69 Å². The van der Waals surface area contributed by atoms with Crippen LogP contribution in [0.4, 0.5) is 11.4 Å². The van der Waals surface area contributed by atoms with E-state index in [4.69, 9.17) is 4.74 Å². The van der Waals surface area contributed by atoms with Gasteiger partial charge in [0.15, 0.2) is 6.61 Å². The van der Waals surface area contributed by atoms with Gasteiger partial charge >= 0.3 is 5.97 Å². The van der Waals surface area contributed by atoms with Crippen LogP contribution < -0.4 is 10.2 Å². The SMILES string of the molecule is CCc1cccc(CC)c1N1C[C@@H](C(=O)OCC(=O)Nc2ccccc2C)CC1=O. The number of amides is 2. The highest BCUT2D eigenvalue weighted by atomic mass is 16.5. The predicted molar refractivity (Wildman–Crippen MR) is 116 cm³/mol. The molecule has 0 radical (unpaired) electrons. The molecule has 2 amide bonds. The Hall–Kier alpha value is -3.15. The fraction of sp³-hybridized carbons (Fsp3) is 0.375. The summed E-state index contributed by atoms with van der Waals surface area (Å²) in [5.74, 6) is -1.57. The van der Waals surface area contributed by atoms with Crippen molar-refractivity contribution in [2.75, 3.05) is 23.4 Å². The number of benzene rings is 2. The zero-order chi connectivity index (χ0) is 21.7. The second-order valence-corrected chi connectivity index (χ2v) is 7.51. The summed E-state index contributed by atoms with van der Waals surface area (Å²) in [5, 5.41) is 2.74. The molecule has 2 aromatic rings. The third kappa shape index (κ3) is 4.70. The highest BCUT2D eigenvalue weighted by Gasteiger charge is 2.37. The summed E-state index contributed by atoms with van der Waals surface area (Å²) in [4.78, 5) is 39.0. The number of carbonyl (C=O) groups excluding carboxylic acids is 3. The molecule has 0 spiro atoms. The van der Waals surface area contributed by atoms with Crippen LogP contribution in [0.15, 0.2) is 42.5 Å². The van der Waals surface area contributed by atoms with Gasteiger partial charge < -0.3 is 15.0 Å². The zero-order valence-electron chi connectivity index (χ0n) is 17.7. The molecule has 1 aliphatic rings. The quantitative estimate of drug-likeness (QED) is 0.710. The fourth-order valence-electron chi connectivity index (χ4n) is 3.80. The van der Waals surface area contributed by atoms with E-state index < -0.39 is 17.8 Å². The van der Waals surface area contributed by atoms with Gasteiger partial charge in [0, 0.05) is 24.3 Å². The van der Waals surface area contributed by atoms with Crippen molar-refractivity contribution in [1.29, 1.82) is 0 Å². The summed E-state index contributed by atoms with van der Waals surface area (Å²) in [5.41, 5.74) is 4.71. The molecule has 0 unspecified atom stereocenters. The fourth-order valence-corrected chi connectivity index (χ4v) is 3.80. The van der Waals surface area contributed by atoms with Crippen LogP contribution in [0.3, 0.4) is 0 Å². The zero-order valence-corrected chi connectivity index (χ0v) is 17.7. The van der Waals surface area contributed by atoms with E-state index in [9.17, 15) is 14.4 Å². The number of hydrogen-bond donors (Lipinski definition) is 1. The van der Waals surface area contributed by atoms with Crippen LogP contribution >= 0.6 is 0 Å². The smallest absolute Gasteiger partial charge is 0.311 e. The predicted octanol–water partition coefficient (Wildman–Crippen LogP) is 3.65. The number of esters is 1. The first-order valence-corrected chi connectivity index (χ1v) is 10.4. The number of aryl methyl sites for hydroxylation is 3. The second kappa shape index (κ2) is 9.57. The molecule has 3 rings (SSSR count). The van der Waals surface area contributed by atoms with E-state index in [2.05, 4.69) is 19.2 Å². The average Bonchev–Trinajstić information content (AvgIpc) is 3.14. The molecule has 2 aromatic carbocycles. The van der Waals surface area contributed by atoms with Gasteiger partial charge in [-0.1, -0.05) is 50.2 Å². The van der Waals surface area contributed by atoms with Crippen LogP contribution in [0.1, 0.15) is 37.0 Å². The number of para-hydroxylation sites is 2. The Labute approximate surface area is 177 Å². The molecule has 0 saturated carbocycles. The molecule has 0 aromatic heterocycles. The normalized spacial score (nSPS) is 15.9. The van der Waals surface area contributed by atoms with Crippen LogP contribution in [0.25, 0.3) is 0 Å². The monoisotopic (exact) mass is 408 g/mol. The van der Waals surface area contributed by atoms with Crippen molar-refractivity contribution in [3.8, 4) is 0 Å². The molecule has 1 aliphatic heterocycles. The summed E-state index contributed by atoms with van der Waals surface area (Å²) in [6.45, 7) is 5.90. The first kappa shape index (κ1) is 21.6. The molecule has 6 heteroatoms. The minimum Gasteiger partial charge on any atom is -0.455 e. The summed E-state index contributed by atoms with van der Waals surface area (Å²) >= 11 is 0. The Morgan fingerprint density at radius 3 is 2.37 bits per heavy atom. The van der Waals surface area contributed by atoms with Gasteiger partial charge in [-0.05, 0) is 42.5 Å². The molecule has 6 nitrogen and oxygen atoms in total. The van der Waals surface area contributed by atoms with Crippen LogP contribution in [-0.2, 0) is 32.0 Å². The summed E-state index contributed by atoms with van der Waals surface area (Å²) in [7, 11) is 0. The van der Waals surface area contributed by atoms with E-state index >= 15 is 0 Å². The van der Waals surface area contributed by atoms with Crippen LogP contribution in [0.2, 0.25) is 0 Å². The third-order valence-electron chi connectivity index (χ3n) is 5.46. The Bertz CT molecular complexity index is 932. The number of rotatable bonds is 7. The van der Waals surface area contributed by atoms with Crippen molar-refractivity contribution < 1.29 is 19.1 Å². The molecular weight excluding hydrogens is 380 g/mol. The van der Waals surface area contributed by atoms with Crippen molar-refractivity contribution >= 4 is 29.2 Å². The average molecular weight is 408 g/mol. The molecule has 1 heterocycles. The Kier molecular flexibility index (Phi) is 6.87. The molecule has 1 fully saturated rings. The maximum atomic E-state index is 12.7. The van der Waals surface area contributed by atoms with E-state index in [-0.39, 0.29) is 25.5 Å². The van der Waals surface area contributed by atoms with E-state index in [1.807, 2.05) is 43.3 Å². The molecule has 0 bridgehead atoms. The topological polar surface area (TPSA) is 75.7 Å². The number of anilines is 2. The summed E-state index contributed by atoms with van der Waals surface area (Å²) < 4.78 is 5.22. The van der Waals surface area contributed by atoms with Gasteiger partial charge in [0.2, 0.25) is 5.91 Å². The Morgan fingerprint density at radius 2 is 1.73 bits per heavy atom. The van der Waals surface area contributed by atoms with Crippen molar-refractivity contribution in [3.63, 3.8) is 0 Å². The van der Waals surface area contributed by atoms with E-state index in [0.717, 1.165) is 35.2 Å². The molecule has 1 saturated heterocycles. The minimum atomic E-state index is -0.571. The maximum absolute atomic E-state index is 12.7. The van der Waals surface area contributed by atoms with Crippen molar-refractivity contribution in [2.24, 2.45) is 5.92 Å². The first-order chi connectivity index (χ1) is 14.4. The molecule has 158 valence electrons. The number of ether oxygens (including phenoxy) is 1. The molecule has 1 atom stereocenters. The molecule has 0 aliphatic carbocycles. The van der Waals surface area contributed by atoms with Gasteiger partial charge in [0.05, 0.1) is 5.92 Å². The first-order valence-electron chi connectivity index (χ1n) is 10.4. The van der Waals surface area contributed by atoms with Gasteiger partial charge in [0.1, 0.15) is 0 Å². The highest BCUT2D eigenvalue weighted by molar-refractivity contribution is 6.01. The lowest BCUT2D eigenvalue weighted by atomic mass is 10.0. The lowest BCUT2D eigenvalue weighted by Crippen LogP contribution is -2.29. The third-order valence-corrected chi connectivity index (χ3v) is 5.46. The molecule has 1 N–H and O–H groups in total. The van der Waals surface area contributed by atoms with Crippen molar-refractivity contribution in [3.05, 3.63) is 59.2 Å². The van der Waals surface area contributed by atoms with Gasteiger partial charge in [-0.25, -0.2) is 0 Å². The maximum Gasteiger partial charge on any atom is 0.311 e. The van der Waals surface area contributed by atoms with Crippen molar-refractivity contribution in [1.82, 2.24) is 0 Å². The Balaban J connectivity index is 1.62. The number of nitrogens with one attached hydrogen (secondary N) is 1. The number of hydrogen-bond acceptors (Lipinski definition) is 4. The van der Waals surface area contributed by atoms with E-state index in [1.54, 1.807) is 11.0 Å². The van der Waals surface area contributed by atoms with Crippen LogP contribution in [-0.4, -0.2) is 30.9 Å². The lowest BCUT2D eigenvalue weighted by molar-refractivity contribution is -0.151. The Morgan fingerprint density at radius 1 is 1.07 bits per heavy atom. The number of nitrogens with zero attached hydrogens (tertiary/aromatic N) is 1. The molecule has 30 heavy (non-hydrogen) atoms. The standard InChI is InChI=1S/C24H28N2O4/c1-4-17-10-8-11-18(5-2)23(17)26-14-19(13-22(26)28)24(29)30-15-21(27)25-20-12-7-6-9-16(20)3/h6-12,19H,4-5,13-15H2,1-3H3,(H,25,27)/t19-/m0/s1. The van der Waals surface area contributed by atoms with Gasteiger partial charge in [-0.3, -0.25) is 14.4 Å². The summed E-state index contributed by atoms with van der Waals surface area (Å²) in [6.07, 6.45) is 1.71. The molecular formula is C24H28N2O4. The van der Waals surface area contributed by atoms with Crippen LogP contribution in [0, 0.1) is 12.8 Å². The van der Waals surface area contributed by atoms with Gasteiger partial charge in [0.25, 0.3) is 5.91 Å². The minimum absolute atomic E-state index is 0.0862. The second-order valence-electron chi connectivity index (χ2n) is 7.51. The largest absolute Gasteiger partial charge is 0.455 e. The van der Waals surface area contributed by atoms with Crippen LogP contribution in [0.5, 0.6) is 0 Å². The lowest BCUT2D eigenvalue weighted by Gasteiger charge is -2.23. The summed E-state index contributed by atoms with van der Waals surface area (Å²) in [6, 6.07) is 13.4. The van der Waals surface area contributed by atoms with E-state index in [1.165, 1.54) is 0 Å². The van der Waals surface area contributed by atoms with Gasteiger partial charge in [-0.15, -0.1) is 0 Å². The van der Waals surface area contributed by atoms with Crippen molar-refractivity contribution in [2.45, 2.75) is 40.0 Å². The highest BCUT2D eigenvalue weighted by Crippen LogP contribution is 2.32. The van der Waals surface area contributed by atoms with Gasteiger partial charge in [-0.2, -0.15) is 0 Å². The number of carbonyl (C=O) groups is 3.